The molecule has 1 aromatic rings. The molecule has 64 valence electrons. The van der Waals surface area contributed by atoms with Crippen LogP contribution in [-0.4, -0.2) is 25.8 Å². The fourth-order valence-electron chi connectivity index (χ4n) is 1.24. The lowest BCUT2D eigenvalue weighted by Gasteiger charge is -2.19. The Kier molecular flexibility index (Phi) is 1.71. The second-order valence-corrected chi connectivity index (χ2v) is 3.77. The Bertz CT molecular complexity index is 334. The Morgan fingerprint density at radius 1 is 1.67 bits per heavy atom. The molecule has 1 aromatic heterocycles. The van der Waals surface area contributed by atoms with Crippen LogP contribution in [0, 0.1) is 0 Å². The second kappa shape index (κ2) is 2.61. The highest BCUT2D eigenvalue weighted by atomic mass is 127. The SMILES string of the molecule is Nc1n[nH]c2c1CCN(I)C2=O. The van der Waals surface area contributed by atoms with E-state index in [1.165, 1.54) is 0 Å². The summed E-state index contributed by atoms with van der Waals surface area (Å²) in [4.78, 5) is 11.4. The van der Waals surface area contributed by atoms with Crippen molar-refractivity contribution in [3.8, 4) is 0 Å². The normalized spacial score (nSPS) is 16.4. The summed E-state index contributed by atoms with van der Waals surface area (Å²) in [5.74, 6) is 0.406. The van der Waals surface area contributed by atoms with E-state index in [-0.39, 0.29) is 5.91 Å². The monoisotopic (exact) mass is 278 g/mol. The average molecular weight is 278 g/mol. The number of nitrogens with one attached hydrogen (secondary N) is 1. The molecule has 0 fully saturated rings. The summed E-state index contributed by atoms with van der Waals surface area (Å²) < 4.78 is 1.62. The lowest BCUT2D eigenvalue weighted by molar-refractivity contribution is 0.0873. The van der Waals surface area contributed by atoms with Crippen molar-refractivity contribution in [2.45, 2.75) is 6.42 Å². The number of nitrogens with zero attached hydrogens (tertiary/aromatic N) is 2. The van der Waals surface area contributed by atoms with Crippen LogP contribution in [0.1, 0.15) is 16.1 Å². The van der Waals surface area contributed by atoms with Crippen LogP contribution in [0.5, 0.6) is 0 Å². The molecular formula is C6H7IN4O. The van der Waals surface area contributed by atoms with Crippen molar-refractivity contribution in [2.75, 3.05) is 12.3 Å². The van der Waals surface area contributed by atoms with E-state index in [1.54, 1.807) is 3.11 Å². The first-order valence-corrected chi connectivity index (χ1v) is 4.47. The molecule has 1 aliphatic heterocycles. The number of H-pyrrole nitrogens is 1. The first kappa shape index (κ1) is 7.84. The van der Waals surface area contributed by atoms with Crippen molar-refractivity contribution in [3.63, 3.8) is 0 Å². The molecule has 0 aliphatic carbocycles. The van der Waals surface area contributed by atoms with Gasteiger partial charge < -0.3 is 5.73 Å². The summed E-state index contributed by atoms with van der Waals surface area (Å²) in [5, 5.41) is 6.42. The molecule has 5 nitrogen and oxygen atoms in total. The first-order valence-electron chi connectivity index (χ1n) is 3.50. The fourth-order valence-corrected chi connectivity index (χ4v) is 1.72. The third-order valence-electron chi connectivity index (χ3n) is 1.89. The molecule has 2 heterocycles. The van der Waals surface area contributed by atoms with Gasteiger partial charge in [-0.2, -0.15) is 5.10 Å². The molecule has 0 saturated carbocycles. The number of hydrogen-bond donors (Lipinski definition) is 2. The molecule has 1 amide bonds. The zero-order valence-corrected chi connectivity index (χ0v) is 8.33. The quantitative estimate of drug-likeness (QED) is 0.531. The predicted molar refractivity (Wildman–Crippen MR) is 51.8 cm³/mol. The van der Waals surface area contributed by atoms with Crippen LogP contribution in [0.2, 0.25) is 0 Å². The van der Waals surface area contributed by atoms with Crippen molar-refractivity contribution < 1.29 is 4.79 Å². The van der Waals surface area contributed by atoms with E-state index < -0.39 is 0 Å². The molecule has 0 atom stereocenters. The maximum Gasteiger partial charge on any atom is 0.280 e. The Balaban J connectivity index is 2.50. The number of aromatic amines is 1. The molecule has 0 aromatic carbocycles. The largest absolute Gasteiger partial charge is 0.382 e. The summed E-state index contributed by atoms with van der Waals surface area (Å²) in [6.45, 7) is 0.704. The summed E-state index contributed by atoms with van der Waals surface area (Å²) in [7, 11) is 0. The molecule has 6 heteroatoms. The summed E-state index contributed by atoms with van der Waals surface area (Å²) in [6.07, 6.45) is 0.784. The van der Waals surface area contributed by atoms with Gasteiger partial charge in [0.15, 0.2) is 0 Å². The minimum absolute atomic E-state index is 0.0407. The van der Waals surface area contributed by atoms with E-state index in [0.717, 1.165) is 12.0 Å². The molecule has 0 radical (unpaired) electrons. The summed E-state index contributed by atoms with van der Waals surface area (Å²) in [6, 6.07) is 0. The number of anilines is 1. The highest BCUT2D eigenvalue weighted by molar-refractivity contribution is 14.1. The number of hydrogen-bond acceptors (Lipinski definition) is 3. The van der Waals surface area contributed by atoms with Gasteiger partial charge in [-0.25, -0.2) is 0 Å². The maximum atomic E-state index is 11.4. The van der Waals surface area contributed by atoms with Crippen LogP contribution in [-0.2, 0) is 6.42 Å². The van der Waals surface area contributed by atoms with Crippen molar-refractivity contribution in [2.24, 2.45) is 0 Å². The minimum Gasteiger partial charge on any atom is -0.382 e. The topological polar surface area (TPSA) is 75.0 Å². The van der Waals surface area contributed by atoms with Crippen molar-refractivity contribution in [3.05, 3.63) is 11.3 Å². The number of carbonyl (C=O) groups excluding carboxylic acids is 1. The van der Waals surface area contributed by atoms with E-state index in [2.05, 4.69) is 10.2 Å². The van der Waals surface area contributed by atoms with E-state index in [9.17, 15) is 4.79 Å². The molecule has 0 unspecified atom stereocenters. The number of aromatic nitrogens is 2. The number of carbonyl (C=O) groups is 1. The van der Waals surface area contributed by atoms with Gasteiger partial charge in [0.2, 0.25) is 0 Å². The number of amides is 1. The van der Waals surface area contributed by atoms with Gasteiger partial charge in [-0.05, 0) is 6.42 Å². The van der Waals surface area contributed by atoms with Gasteiger partial charge in [-0.3, -0.25) is 13.0 Å². The third kappa shape index (κ3) is 0.977. The summed E-state index contributed by atoms with van der Waals surface area (Å²) >= 11 is 1.98. The third-order valence-corrected chi connectivity index (χ3v) is 2.81. The van der Waals surface area contributed by atoms with E-state index >= 15 is 0 Å². The second-order valence-electron chi connectivity index (χ2n) is 2.60. The average Bonchev–Trinajstić information content (AvgIpc) is 2.41. The molecule has 2 rings (SSSR count). The van der Waals surface area contributed by atoms with Gasteiger partial charge in [0.1, 0.15) is 11.5 Å². The van der Waals surface area contributed by atoms with E-state index in [4.69, 9.17) is 5.73 Å². The highest BCUT2D eigenvalue weighted by Gasteiger charge is 2.26. The molecule has 0 bridgehead atoms. The van der Waals surface area contributed by atoms with Gasteiger partial charge in [-0.1, -0.05) is 0 Å². The van der Waals surface area contributed by atoms with E-state index in [0.29, 0.717) is 18.1 Å². The molecule has 12 heavy (non-hydrogen) atoms. The van der Waals surface area contributed by atoms with Gasteiger partial charge in [0.25, 0.3) is 5.91 Å². The molecule has 0 spiro atoms. The summed E-state index contributed by atoms with van der Waals surface area (Å²) in [5.41, 5.74) is 6.94. The predicted octanol–water partition coefficient (Wildman–Crippen LogP) is 0.340. The highest BCUT2D eigenvalue weighted by Crippen LogP contribution is 2.22. The van der Waals surface area contributed by atoms with Gasteiger partial charge in [-0.15, -0.1) is 0 Å². The number of nitrogen functional groups attached to an aromatic ring is 1. The van der Waals surface area contributed by atoms with Crippen molar-refractivity contribution in [1.29, 1.82) is 0 Å². The first-order chi connectivity index (χ1) is 5.70. The molecule has 3 N–H and O–H groups in total. The lowest BCUT2D eigenvalue weighted by atomic mass is 10.1. The van der Waals surface area contributed by atoms with Gasteiger partial charge >= 0.3 is 0 Å². The van der Waals surface area contributed by atoms with Gasteiger partial charge in [0, 0.05) is 12.1 Å². The zero-order valence-electron chi connectivity index (χ0n) is 6.17. The lowest BCUT2D eigenvalue weighted by Crippen LogP contribution is -2.29. The molecule has 1 aliphatic rings. The standard InChI is InChI=1S/C6H7IN4O/c7-11-2-1-3-4(6(11)12)9-10-5(3)8/h1-2H2,(H3,8,9,10). The van der Waals surface area contributed by atoms with Crippen LogP contribution in [0.3, 0.4) is 0 Å². The number of halogens is 1. The van der Waals surface area contributed by atoms with Gasteiger partial charge in [0.05, 0.1) is 22.9 Å². The smallest absolute Gasteiger partial charge is 0.280 e. The number of fused-ring (bicyclic) bond motifs is 1. The van der Waals surface area contributed by atoms with Crippen LogP contribution < -0.4 is 5.73 Å². The van der Waals surface area contributed by atoms with Crippen LogP contribution in [0.15, 0.2) is 0 Å². The number of rotatable bonds is 0. The van der Waals surface area contributed by atoms with E-state index in [1.807, 2.05) is 22.9 Å². The van der Waals surface area contributed by atoms with Crippen molar-refractivity contribution >= 4 is 34.6 Å². The fraction of sp³-hybridized carbons (Fsp3) is 0.333. The Morgan fingerprint density at radius 2 is 2.42 bits per heavy atom. The number of nitrogens with two attached hydrogens (primary N) is 1. The van der Waals surface area contributed by atoms with Crippen LogP contribution in [0.4, 0.5) is 5.82 Å². The Labute approximate surface area is 82.8 Å². The van der Waals surface area contributed by atoms with Crippen LogP contribution in [0.25, 0.3) is 0 Å². The molecular weight excluding hydrogens is 271 g/mol. The Hall–Kier alpha value is -0.790. The van der Waals surface area contributed by atoms with Crippen LogP contribution >= 0.6 is 22.9 Å². The minimum atomic E-state index is -0.0407. The Morgan fingerprint density at radius 3 is 3.17 bits per heavy atom. The molecule has 0 saturated heterocycles. The maximum absolute atomic E-state index is 11.4. The van der Waals surface area contributed by atoms with Crippen molar-refractivity contribution in [1.82, 2.24) is 13.3 Å². The zero-order chi connectivity index (χ0) is 8.72.